The number of fused-ring (bicyclic) bond motifs is 2. The molecule has 1 saturated carbocycles. The van der Waals surface area contributed by atoms with Gasteiger partial charge in [0.2, 0.25) is 5.91 Å². The number of pyridine rings is 1. The van der Waals surface area contributed by atoms with Gasteiger partial charge in [0.15, 0.2) is 0 Å². The smallest absolute Gasteiger partial charge is 0.227 e. The van der Waals surface area contributed by atoms with Crippen molar-refractivity contribution in [3.8, 4) is 0 Å². The molecule has 148 valence electrons. The third kappa shape index (κ3) is 3.08. The largest absolute Gasteiger partial charge is 0.333 e. The number of hydrogen-bond acceptors (Lipinski definition) is 4. The first kappa shape index (κ1) is 17.3. The Morgan fingerprint density at radius 1 is 1.10 bits per heavy atom. The Balaban J connectivity index is 1.24. The van der Waals surface area contributed by atoms with Crippen LogP contribution in [0, 0.1) is 12.8 Å². The van der Waals surface area contributed by atoms with Crippen LogP contribution >= 0.6 is 0 Å². The number of nitrogens with zero attached hydrogens (tertiary/aromatic N) is 4. The lowest BCUT2D eigenvalue weighted by molar-refractivity contribution is -0.138. The maximum Gasteiger partial charge on any atom is 0.227 e. The number of likely N-dealkylation sites (tertiary alicyclic amines) is 1. The van der Waals surface area contributed by atoms with Gasteiger partial charge in [-0.3, -0.25) is 19.7 Å². The van der Waals surface area contributed by atoms with Gasteiger partial charge in [-0.25, -0.2) is 0 Å². The van der Waals surface area contributed by atoms with E-state index in [1.165, 1.54) is 41.6 Å². The van der Waals surface area contributed by atoms with E-state index in [0.717, 1.165) is 42.5 Å². The van der Waals surface area contributed by atoms with Gasteiger partial charge >= 0.3 is 0 Å². The molecule has 6 rings (SSSR count). The van der Waals surface area contributed by atoms with Crippen LogP contribution in [0.5, 0.6) is 0 Å². The molecule has 4 aliphatic rings. The Kier molecular flexibility index (Phi) is 3.88. The van der Waals surface area contributed by atoms with Crippen LogP contribution in [0.2, 0.25) is 0 Å². The molecule has 0 atom stereocenters. The lowest BCUT2D eigenvalue weighted by Crippen LogP contribution is -2.61. The third-order valence-electron chi connectivity index (χ3n) is 6.85. The third-order valence-corrected chi connectivity index (χ3v) is 6.85. The summed E-state index contributed by atoms with van der Waals surface area (Å²) in [6.07, 6.45) is 5.17. The maximum absolute atomic E-state index is 12.8. The van der Waals surface area contributed by atoms with E-state index >= 15 is 0 Å². The van der Waals surface area contributed by atoms with E-state index < -0.39 is 0 Å². The first-order valence-corrected chi connectivity index (χ1v) is 10.8. The van der Waals surface area contributed by atoms with Crippen molar-refractivity contribution in [3.63, 3.8) is 0 Å². The number of aliphatic imine (C=N–C) groups is 1. The molecule has 1 aromatic heterocycles. The number of amides is 1. The van der Waals surface area contributed by atoms with E-state index in [0.29, 0.717) is 19.0 Å². The Morgan fingerprint density at radius 2 is 1.97 bits per heavy atom. The second kappa shape index (κ2) is 6.49. The molecule has 0 radical (unpaired) electrons. The van der Waals surface area contributed by atoms with Gasteiger partial charge < -0.3 is 4.90 Å². The zero-order valence-electron chi connectivity index (χ0n) is 16.9. The van der Waals surface area contributed by atoms with Crippen molar-refractivity contribution in [1.29, 1.82) is 0 Å². The number of aryl methyl sites for hydroxylation is 1. The average molecular weight is 386 g/mol. The van der Waals surface area contributed by atoms with Gasteiger partial charge in [0, 0.05) is 49.2 Å². The Bertz CT molecular complexity index is 1030. The minimum Gasteiger partial charge on any atom is -0.333 e. The van der Waals surface area contributed by atoms with E-state index in [4.69, 9.17) is 4.99 Å². The highest BCUT2D eigenvalue weighted by Gasteiger charge is 2.39. The monoisotopic (exact) mass is 386 g/mol. The van der Waals surface area contributed by atoms with Crippen LogP contribution < -0.4 is 0 Å². The van der Waals surface area contributed by atoms with Crippen molar-refractivity contribution in [2.75, 3.05) is 19.6 Å². The summed E-state index contributed by atoms with van der Waals surface area (Å²) in [6, 6.07) is 9.06. The number of carbonyl (C=O) groups excluding carboxylic acids is 1. The van der Waals surface area contributed by atoms with Crippen LogP contribution in [0.15, 0.2) is 35.5 Å². The lowest BCUT2D eigenvalue weighted by Gasteiger charge is -2.47. The molecule has 2 fully saturated rings. The topological polar surface area (TPSA) is 48.8 Å². The number of hydrogen-bond donors (Lipinski definition) is 0. The van der Waals surface area contributed by atoms with Crippen molar-refractivity contribution in [1.82, 2.24) is 14.8 Å². The molecule has 1 aromatic carbocycles. The van der Waals surface area contributed by atoms with E-state index in [-0.39, 0.29) is 5.91 Å². The van der Waals surface area contributed by atoms with Gasteiger partial charge in [-0.15, -0.1) is 0 Å². The predicted molar refractivity (Wildman–Crippen MR) is 112 cm³/mol. The summed E-state index contributed by atoms with van der Waals surface area (Å²) in [5.74, 6) is 1.21. The summed E-state index contributed by atoms with van der Waals surface area (Å²) in [4.78, 5) is 26.6. The highest BCUT2D eigenvalue weighted by molar-refractivity contribution is 6.15. The second-order valence-electron chi connectivity index (χ2n) is 9.14. The molecule has 2 aromatic rings. The normalized spacial score (nSPS) is 21.6. The van der Waals surface area contributed by atoms with Crippen LogP contribution in [0.3, 0.4) is 0 Å². The quantitative estimate of drug-likeness (QED) is 0.812. The Morgan fingerprint density at radius 3 is 2.76 bits per heavy atom. The van der Waals surface area contributed by atoms with Crippen LogP contribution in [0.25, 0.3) is 0 Å². The molecule has 3 aliphatic heterocycles. The van der Waals surface area contributed by atoms with Gasteiger partial charge in [-0.1, -0.05) is 6.07 Å². The van der Waals surface area contributed by atoms with Crippen LogP contribution in [-0.4, -0.2) is 52.1 Å². The first-order valence-electron chi connectivity index (χ1n) is 10.8. The molecule has 1 amide bonds. The molecule has 4 heterocycles. The summed E-state index contributed by atoms with van der Waals surface area (Å²) in [7, 11) is 0. The molecular formula is C24H26N4O. The minimum atomic E-state index is 0.289. The Hall–Kier alpha value is -2.53. The van der Waals surface area contributed by atoms with Gasteiger partial charge in [-0.05, 0) is 60.6 Å². The van der Waals surface area contributed by atoms with Gasteiger partial charge in [-0.2, -0.15) is 0 Å². The van der Waals surface area contributed by atoms with Crippen molar-refractivity contribution in [3.05, 3.63) is 64.0 Å². The summed E-state index contributed by atoms with van der Waals surface area (Å²) in [5.41, 5.74) is 8.17. The van der Waals surface area contributed by atoms with E-state index in [1.54, 1.807) is 0 Å². The predicted octanol–water partition coefficient (Wildman–Crippen LogP) is 2.72. The molecule has 0 bridgehead atoms. The number of carbonyl (C=O) groups is 1. The average Bonchev–Trinajstić information content (AvgIpc) is 3.40. The van der Waals surface area contributed by atoms with Crippen molar-refractivity contribution in [2.24, 2.45) is 10.9 Å². The molecular weight excluding hydrogens is 360 g/mol. The van der Waals surface area contributed by atoms with Gasteiger partial charge in [0.05, 0.1) is 24.7 Å². The van der Waals surface area contributed by atoms with Gasteiger partial charge in [0.25, 0.3) is 0 Å². The highest BCUT2D eigenvalue weighted by Crippen LogP contribution is 2.34. The molecule has 0 spiro atoms. The molecule has 1 aliphatic carbocycles. The lowest BCUT2D eigenvalue weighted by atomic mass is 9.90. The molecule has 0 unspecified atom stereocenters. The Labute approximate surface area is 171 Å². The molecule has 29 heavy (non-hydrogen) atoms. The van der Waals surface area contributed by atoms with Crippen molar-refractivity contribution >= 4 is 11.6 Å². The SMILES string of the molecule is Cc1cc(C2=NCc3cc4c(cc32)CN(C2CN(CC3CC3)C2)C(=O)C4)ccn1. The van der Waals surface area contributed by atoms with E-state index in [2.05, 4.69) is 33.0 Å². The van der Waals surface area contributed by atoms with Crippen molar-refractivity contribution in [2.45, 2.75) is 45.3 Å². The fraction of sp³-hybridized carbons (Fsp3) is 0.458. The summed E-state index contributed by atoms with van der Waals surface area (Å²) in [5, 5.41) is 0. The maximum atomic E-state index is 12.8. The van der Waals surface area contributed by atoms with Crippen LogP contribution in [-0.2, 0) is 24.3 Å². The molecule has 1 saturated heterocycles. The molecule has 0 N–H and O–H groups in total. The molecule has 5 heteroatoms. The summed E-state index contributed by atoms with van der Waals surface area (Å²) >= 11 is 0. The van der Waals surface area contributed by atoms with Crippen LogP contribution in [0.4, 0.5) is 0 Å². The molecule has 5 nitrogen and oxygen atoms in total. The highest BCUT2D eigenvalue weighted by atomic mass is 16.2. The van der Waals surface area contributed by atoms with E-state index in [1.807, 2.05) is 19.2 Å². The standard InChI is InChI=1S/C24H26N4O/c1-15-6-17(4-5-25-15)24-22-8-20-12-28(21-13-27(14-21)11-16-2-3-16)23(29)9-18(20)7-19(22)10-26-24/h4-8,16,21H,2-3,9-14H2,1H3. The number of benzene rings is 1. The van der Waals surface area contributed by atoms with Gasteiger partial charge in [0.1, 0.15) is 0 Å². The van der Waals surface area contributed by atoms with Crippen molar-refractivity contribution < 1.29 is 4.79 Å². The zero-order chi connectivity index (χ0) is 19.5. The fourth-order valence-electron chi connectivity index (χ4n) is 5.02. The fourth-order valence-corrected chi connectivity index (χ4v) is 5.02. The van der Waals surface area contributed by atoms with E-state index in [9.17, 15) is 4.79 Å². The minimum absolute atomic E-state index is 0.289. The van der Waals surface area contributed by atoms with Crippen LogP contribution in [0.1, 0.15) is 46.4 Å². The second-order valence-corrected chi connectivity index (χ2v) is 9.14. The number of rotatable bonds is 4. The zero-order valence-corrected chi connectivity index (χ0v) is 16.9. The number of aromatic nitrogens is 1. The summed E-state index contributed by atoms with van der Waals surface area (Å²) in [6.45, 7) is 6.79. The first-order chi connectivity index (χ1) is 14.1. The summed E-state index contributed by atoms with van der Waals surface area (Å²) < 4.78 is 0.